The molecule has 2 aliphatic heterocycles. The monoisotopic (exact) mass is 416 g/mol. The molecule has 2 fully saturated rings. The van der Waals surface area contributed by atoms with Crippen molar-refractivity contribution in [1.82, 2.24) is 0 Å². The summed E-state index contributed by atoms with van der Waals surface area (Å²) in [7, 11) is -3.08. The Labute approximate surface area is 168 Å². The molecule has 0 spiro atoms. The maximum absolute atomic E-state index is 12.7. The Morgan fingerprint density at radius 2 is 1.75 bits per heavy atom. The first kappa shape index (κ1) is 19.0. The highest BCUT2D eigenvalue weighted by molar-refractivity contribution is 8.16. The van der Waals surface area contributed by atoms with E-state index in [0.717, 1.165) is 5.69 Å². The standard InChI is InChI=1S/C20H20N2O4S2/c1-14(26-16-10-6-3-7-11-16)19(23)21-20-22(15-8-4-2-5-9-15)17-12-28(24,25)13-18(17)27-20/h2-11,14,17-18H,12-13H2,1H3/t14-,17+,18+/m0/s1. The third-order valence-corrected chi connectivity index (χ3v) is 7.92. The van der Waals surface area contributed by atoms with Crippen LogP contribution in [0.1, 0.15) is 6.92 Å². The number of para-hydroxylation sites is 2. The maximum atomic E-state index is 12.7. The van der Waals surface area contributed by atoms with E-state index < -0.39 is 21.8 Å². The highest BCUT2D eigenvalue weighted by Gasteiger charge is 2.49. The van der Waals surface area contributed by atoms with Crippen LogP contribution in [-0.2, 0) is 14.6 Å². The average molecular weight is 417 g/mol. The number of hydrogen-bond acceptors (Lipinski definition) is 5. The molecule has 28 heavy (non-hydrogen) atoms. The van der Waals surface area contributed by atoms with Crippen LogP contribution < -0.4 is 9.64 Å². The number of hydrogen-bond donors (Lipinski definition) is 0. The minimum atomic E-state index is -3.08. The van der Waals surface area contributed by atoms with E-state index in [1.165, 1.54) is 11.8 Å². The minimum absolute atomic E-state index is 0.0723. The van der Waals surface area contributed by atoms with Gasteiger partial charge in [-0.05, 0) is 31.2 Å². The van der Waals surface area contributed by atoms with Gasteiger partial charge in [0.25, 0.3) is 5.91 Å². The number of thioether (sulfide) groups is 1. The third kappa shape index (κ3) is 3.93. The van der Waals surface area contributed by atoms with Crippen LogP contribution in [-0.4, -0.2) is 48.4 Å². The van der Waals surface area contributed by atoms with Crippen molar-refractivity contribution in [3.05, 3.63) is 60.7 Å². The zero-order valence-electron chi connectivity index (χ0n) is 15.3. The molecule has 4 rings (SSSR count). The summed E-state index contributed by atoms with van der Waals surface area (Å²) in [6.07, 6.45) is -0.739. The topological polar surface area (TPSA) is 76.0 Å². The Morgan fingerprint density at radius 1 is 1.11 bits per heavy atom. The lowest BCUT2D eigenvalue weighted by atomic mass is 10.2. The Morgan fingerprint density at radius 3 is 2.43 bits per heavy atom. The molecule has 0 radical (unpaired) electrons. The number of benzene rings is 2. The molecule has 0 unspecified atom stereocenters. The summed E-state index contributed by atoms with van der Waals surface area (Å²) < 4.78 is 29.9. The summed E-state index contributed by atoms with van der Waals surface area (Å²) in [6, 6.07) is 18.4. The lowest BCUT2D eigenvalue weighted by Gasteiger charge is -2.24. The van der Waals surface area contributed by atoms with Gasteiger partial charge in [0.05, 0.1) is 17.5 Å². The first-order chi connectivity index (χ1) is 13.4. The van der Waals surface area contributed by atoms with Gasteiger partial charge >= 0.3 is 0 Å². The molecule has 3 atom stereocenters. The first-order valence-corrected chi connectivity index (χ1v) is 11.7. The molecule has 2 aliphatic rings. The summed E-state index contributed by atoms with van der Waals surface area (Å²) in [4.78, 5) is 18.8. The second kappa shape index (κ2) is 7.60. The van der Waals surface area contributed by atoms with Crippen LogP contribution in [0.5, 0.6) is 5.75 Å². The van der Waals surface area contributed by atoms with Gasteiger partial charge < -0.3 is 9.64 Å². The van der Waals surface area contributed by atoms with Crippen molar-refractivity contribution in [3.8, 4) is 5.75 Å². The molecule has 2 heterocycles. The van der Waals surface area contributed by atoms with Crippen LogP contribution in [0.4, 0.5) is 5.69 Å². The Bertz CT molecular complexity index is 993. The molecular formula is C20H20N2O4S2. The van der Waals surface area contributed by atoms with Gasteiger partial charge in [-0.1, -0.05) is 48.2 Å². The normalized spacial score (nSPS) is 25.5. The van der Waals surface area contributed by atoms with Gasteiger partial charge in [0.1, 0.15) is 5.75 Å². The molecule has 2 aromatic rings. The van der Waals surface area contributed by atoms with Gasteiger partial charge in [0.15, 0.2) is 21.1 Å². The largest absolute Gasteiger partial charge is 0.481 e. The third-order valence-electron chi connectivity index (χ3n) is 4.71. The lowest BCUT2D eigenvalue weighted by molar-refractivity contribution is -0.123. The van der Waals surface area contributed by atoms with E-state index in [1.807, 2.05) is 53.4 Å². The predicted molar refractivity (Wildman–Crippen MR) is 112 cm³/mol. The van der Waals surface area contributed by atoms with E-state index in [2.05, 4.69) is 4.99 Å². The minimum Gasteiger partial charge on any atom is -0.481 e. The number of carbonyl (C=O) groups excluding carboxylic acids is 1. The van der Waals surface area contributed by atoms with Crippen LogP contribution in [0.15, 0.2) is 65.7 Å². The molecule has 146 valence electrons. The van der Waals surface area contributed by atoms with Crippen molar-refractivity contribution >= 4 is 38.4 Å². The summed E-state index contributed by atoms with van der Waals surface area (Å²) in [5, 5.41) is 0.409. The lowest BCUT2D eigenvalue weighted by Crippen LogP contribution is -2.38. The Kier molecular flexibility index (Phi) is 5.16. The molecule has 1 amide bonds. The number of sulfone groups is 1. The number of ether oxygens (including phenoxy) is 1. The molecule has 0 bridgehead atoms. The second-order valence-electron chi connectivity index (χ2n) is 6.81. The van der Waals surface area contributed by atoms with Gasteiger partial charge in [-0.3, -0.25) is 4.79 Å². The van der Waals surface area contributed by atoms with Crippen LogP contribution in [0, 0.1) is 0 Å². The molecule has 8 heteroatoms. The van der Waals surface area contributed by atoms with Gasteiger partial charge in [-0.15, -0.1) is 0 Å². The van der Waals surface area contributed by atoms with Gasteiger partial charge in [0, 0.05) is 10.9 Å². The number of nitrogens with zero attached hydrogens (tertiary/aromatic N) is 2. The van der Waals surface area contributed by atoms with Crippen molar-refractivity contribution < 1.29 is 17.9 Å². The zero-order valence-corrected chi connectivity index (χ0v) is 16.9. The van der Waals surface area contributed by atoms with Crippen molar-refractivity contribution in [2.24, 2.45) is 4.99 Å². The number of amides is 1. The molecule has 0 saturated carbocycles. The molecule has 0 aromatic heterocycles. The van der Waals surface area contributed by atoms with Crippen molar-refractivity contribution in [3.63, 3.8) is 0 Å². The second-order valence-corrected chi connectivity index (χ2v) is 10.2. The van der Waals surface area contributed by atoms with Gasteiger partial charge in [0.2, 0.25) is 0 Å². The smallest absolute Gasteiger partial charge is 0.288 e. The fourth-order valence-corrected chi connectivity index (χ4v) is 7.31. The number of aliphatic imine (C=N–C) groups is 1. The summed E-state index contributed by atoms with van der Waals surface area (Å²) in [5.41, 5.74) is 0.836. The van der Waals surface area contributed by atoms with Crippen molar-refractivity contribution in [2.75, 3.05) is 16.4 Å². The fraction of sp³-hybridized carbons (Fsp3) is 0.300. The highest BCUT2D eigenvalue weighted by Crippen LogP contribution is 2.40. The molecule has 0 aliphatic carbocycles. The zero-order chi connectivity index (χ0) is 19.7. The number of fused-ring (bicyclic) bond motifs is 1. The van der Waals surface area contributed by atoms with E-state index in [1.54, 1.807) is 19.1 Å². The molecule has 2 saturated heterocycles. The average Bonchev–Trinajstić information content (AvgIpc) is 3.13. The number of rotatable bonds is 4. The van der Waals surface area contributed by atoms with Crippen LogP contribution >= 0.6 is 11.8 Å². The van der Waals surface area contributed by atoms with E-state index in [0.29, 0.717) is 10.9 Å². The fourth-order valence-electron chi connectivity index (χ4n) is 3.39. The van der Waals surface area contributed by atoms with Crippen LogP contribution in [0.25, 0.3) is 0 Å². The van der Waals surface area contributed by atoms with E-state index in [4.69, 9.17) is 4.74 Å². The maximum Gasteiger partial charge on any atom is 0.288 e. The molecule has 6 nitrogen and oxygen atoms in total. The SMILES string of the molecule is C[C@H](Oc1ccccc1)C(=O)N=C1S[C@@H]2CS(=O)(=O)C[C@H]2N1c1ccccc1. The van der Waals surface area contributed by atoms with Crippen LogP contribution in [0.3, 0.4) is 0 Å². The number of carbonyl (C=O) groups is 1. The van der Waals surface area contributed by atoms with Crippen molar-refractivity contribution in [1.29, 1.82) is 0 Å². The molecule has 0 N–H and O–H groups in total. The highest BCUT2D eigenvalue weighted by atomic mass is 32.2. The van der Waals surface area contributed by atoms with Gasteiger partial charge in [-0.25, -0.2) is 8.42 Å². The Balaban J connectivity index is 1.59. The molecular weight excluding hydrogens is 396 g/mol. The summed E-state index contributed by atoms with van der Waals surface area (Å²) in [5.74, 6) is 0.387. The molecule has 2 aromatic carbocycles. The summed E-state index contributed by atoms with van der Waals surface area (Å²) in [6.45, 7) is 1.66. The van der Waals surface area contributed by atoms with Crippen molar-refractivity contribution in [2.45, 2.75) is 24.3 Å². The number of anilines is 1. The first-order valence-electron chi connectivity index (χ1n) is 8.98. The van der Waals surface area contributed by atoms with E-state index in [-0.39, 0.29) is 22.8 Å². The van der Waals surface area contributed by atoms with Crippen LogP contribution in [0.2, 0.25) is 0 Å². The summed E-state index contributed by atoms with van der Waals surface area (Å²) >= 11 is 1.36. The number of amidine groups is 1. The van der Waals surface area contributed by atoms with E-state index in [9.17, 15) is 13.2 Å². The quantitative estimate of drug-likeness (QED) is 0.763. The van der Waals surface area contributed by atoms with E-state index >= 15 is 0 Å². The predicted octanol–water partition coefficient (Wildman–Crippen LogP) is 2.76. The Hall–Kier alpha value is -2.32. The van der Waals surface area contributed by atoms with Gasteiger partial charge in [-0.2, -0.15) is 4.99 Å².